The monoisotopic (exact) mass is 239 g/mol. The van der Waals surface area contributed by atoms with Crippen LogP contribution in [-0.2, 0) is 0 Å². The zero-order chi connectivity index (χ0) is 10.8. The van der Waals surface area contributed by atoms with Gasteiger partial charge in [0.05, 0.1) is 10.0 Å². The molecular formula is C12H6Cl2F. The standard InChI is InChI=1S/C12H6Cl2F/c13-10-6-5-8(7-11(10)14)9-3-1-2-4-12(9)15/h1-3,5-7H. The summed E-state index contributed by atoms with van der Waals surface area (Å²) in [5, 5.41) is 0.873. The van der Waals surface area contributed by atoms with Crippen molar-refractivity contribution in [2.45, 2.75) is 0 Å². The van der Waals surface area contributed by atoms with E-state index in [2.05, 4.69) is 6.07 Å². The zero-order valence-corrected chi connectivity index (χ0v) is 9.11. The minimum Gasteiger partial charge on any atom is -0.206 e. The molecule has 2 rings (SSSR count). The molecule has 0 saturated heterocycles. The van der Waals surface area contributed by atoms with E-state index in [9.17, 15) is 4.39 Å². The van der Waals surface area contributed by atoms with Crippen molar-refractivity contribution >= 4 is 23.2 Å². The van der Waals surface area contributed by atoms with Gasteiger partial charge in [0.25, 0.3) is 0 Å². The lowest BCUT2D eigenvalue weighted by Crippen LogP contribution is -1.83. The van der Waals surface area contributed by atoms with Crippen molar-refractivity contribution < 1.29 is 4.39 Å². The summed E-state index contributed by atoms with van der Waals surface area (Å²) in [6, 6.07) is 12.4. The van der Waals surface area contributed by atoms with Crippen LogP contribution >= 0.6 is 23.2 Å². The lowest BCUT2D eigenvalue weighted by Gasteiger charge is -2.04. The summed E-state index contributed by atoms with van der Waals surface area (Å²) >= 11 is 11.6. The molecule has 0 N–H and O–H groups in total. The molecule has 2 aromatic carbocycles. The molecule has 2 aromatic rings. The van der Waals surface area contributed by atoms with Crippen LogP contribution in [-0.4, -0.2) is 0 Å². The SMILES string of the molecule is Fc1[c]cccc1-c1ccc(Cl)c(Cl)c1. The van der Waals surface area contributed by atoms with Crippen LogP contribution in [0.4, 0.5) is 4.39 Å². The van der Waals surface area contributed by atoms with Gasteiger partial charge in [-0.05, 0) is 17.7 Å². The zero-order valence-electron chi connectivity index (χ0n) is 7.60. The van der Waals surface area contributed by atoms with Gasteiger partial charge in [0, 0.05) is 11.6 Å². The third kappa shape index (κ3) is 2.14. The Morgan fingerprint density at radius 2 is 1.87 bits per heavy atom. The van der Waals surface area contributed by atoms with Crippen LogP contribution in [0.5, 0.6) is 0 Å². The van der Waals surface area contributed by atoms with Crippen LogP contribution in [0.2, 0.25) is 10.0 Å². The van der Waals surface area contributed by atoms with Crippen molar-refractivity contribution in [2.24, 2.45) is 0 Å². The summed E-state index contributed by atoms with van der Waals surface area (Å²) < 4.78 is 13.4. The van der Waals surface area contributed by atoms with Gasteiger partial charge in [-0.1, -0.05) is 47.5 Å². The summed E-state index contributed by atoms with van der Waals surface area (Å²) in [6.45, 7) is 0. The molecule has 15 heavy (non-hydrogen) atoms. The Morgan fingerprint density at radius 3 is 2.53 bits per heavy atom. The van der Waals surface area contributed by atoms with E-state index in [0.29, 0.717) is 21.2 Å². The first-order valence-electron chi connectivity index (χ1n) is 4.30. The number of benzene rings is 2. The number of hydrogen-bond acceptors (Lipinski definition) is 0. The molecule has 0 aliphatic heterocycles. The quantitative estimate of drug-likeness (QED) is 0.683. The van der Waals surface area contributed by atoms with Gasteiger partial charge < -0.3 is 0 Å². The second-order valence-electron chi connectivity index (χ2n) is 3.03. The summed E-state index contributed by atoms with van der Waals surface area (Å²) in [5.41, 5.74) is 1.16. The summed E-state index contributed by atoms with van der Waals surface area (Å²) in [7, 11) is 0. The Kier molecular flexibility index (Phi) is 2.94. The highest BCUT2D eigenvalue weighted by atomic mass is 35.5. The second kappa shape index (κ2) is 4.21. The molecule has 0 aromatic heterocycles. The highest BCUT2D eigenvalue weighted by Crippen LogP contribution is 2.29. The third-order valence-electron chi connectivity index (χ3n) is 2.04. The highest BCUT2D eigenvalue weighted by molar-refractivity contribution is 6.42. The molecule has 0 nitrogen and oxygen atoms in total. The maximum Gasteiger partial charge on any atom is 0.138 e. The van der Waals surface area contributed by atoms with Crippen molar-refractivity contribution in [3.05, 3.63) is 58.3 Å². The summed E-state index contributed by atoms with van der Waals surface area (Å²) in [6.07, 6.45) is 0. The first kappa shape index (κ1) is 10.5. The molecule has 0 aliphatic rings. The molecular weight excluding hydrogens is 234 g/mol. The Morgan fingerprint density at radius 1 is 1.07 bits per heavy atom. The smallest absolute Gasteiger partial charge is 0.138 e. The van der Waals surface area contributed by atoms with Crippen molar-refractivity contribution in [2.75, 3.05) is 0 Å². The van der Waals surface area contributed by atoms with E-state index in [-0.39, 0.29) is 0 Å². The third-order valence-corrected chi connectivity index (χ3v) is 2.78. The first-order valence-corrected chi connectivity index (χ1v) is 5.05. The van der Waals surface area contributed by atoms with E-state index in [1.165, 1.54) is 6.07 Å². The lowest BCUT2D eigenvalue weighted by atomic mass is 10.1. The molecule has 0 atom stereocenters. The molecule has 75 valence electrons. The van der Waals surface area contributed by atoms with Crippen molar-refractivity contribution in [1.82, 2.24) is 0 Å². The van der Waals surface area contributed by atoms with Gasteiger partial charge >= 0.3 is 0 Å². The van der Waals surface area contributed by atoms with E-state index in [0.717, 1.165) is 0 Å². The van der Waals surface area contributed by atoms with Gasteiger partial charge in [-0.15, -0.1) is 0 Å². The van der Waals surface area contributed by atoms with Crippen LogP contribution < -0.4 is 0 Å². The van der Waals surface area contributed by atoms with Crippen LogP contribution in [0.15, 0.2) is 36.4 Å². The average Bonchev–Trinajstić information content (AvgIpc) is 2.23. The summed E-state index contributed by atoms with van der Waals surface area (Å²) in [5.74, 6) is -0.393. The van der Waals surface area contributed by atoms with E-state index in [1.807, 2.05) is 0 Å². The Balaban J connectivity index is 2.55. The molecule has 0 aliphatic carbocycles. The predicted molar refractivity (Wildman–Crippen MR) is 60.7 cm³/mol. The van der Waals surface area contributed by atoms with Gasteiger partial charge in [0.15, 0.2) is 0 Å². The number of rotatable bonds is 1. The van der Waals surface area contributed by atoms with Gasteiger partial charge in [-0.3, -0.25) is 0 Å². The average molecular weight is 240 g/mol. The highest BCUT2D eigenvalue weighted by Gasteiger charge is 2.06. The van der Waals surface area contributed by atoms with E-state index in [4.69, 9.17) is 23.2 Å². The van der Waals surface area contributed by atoms with Gasteiger partial charge in [-0.25, -0.2) is 4.39 Å². The Labute approximate surface area is 97.3 Å². The van der Waals surface area contributed by atoms with E-state index >= 15 is 0 Å². The van der Waals surface area contributed by atoms with Crippen LogP contribution in [0.3, 0.4) is 0 Å². The van der Waals surface area contributed by atoms with Crippen LogP contribution in [0.25, 0.3) is 11.1 Å². The molecule has 0 unspecified atom stereocenters. The molecule has 0 spiro atoms. The van der Waals surface area contributed by atoms with Crippen molar-refractivity contribution in [1.29, 1.82) is 0 Å². The minimum atomic E-state index is -0.393. The molecule has 0 bridgehead atoms. The fourth-order valence-corrected chi connectivity index (χ4v) is 1.60. The fraction of sp³-hybridized carbons (Fsp3) is 0. The summed E-state index contributed by atoms with van der Waals surface area (Å²) in [4.78, 5) is 0. The van der Waals surface area contributed by atoms with E-state index < -0.39 is 5.82 Å². The topological polar surface area (TPSA) is 0 Å². The normalized spacial score (nSPS) is 10.3. The van der Waals surface area contributed by atoms with Gasteiger partial charge in [-0.2, -0.15) is 0 Å². The molecule has 3 heteroatoms. The van der Waals surface area contributed by atoms with Gasteiger partial charge in [0.1, 0.15) is 5.82 Å². The maximum absolute atomic E-state index is 13.4. The molecule has 0 heterocycles. The van der Waals surface area contributed by atoms with Crippen LogP contribution in [0.1, 0.15) is 0 Å². The van der Waals surface area contributed by atoms with Gasteiger partial charge in [0.2, 0.25) is 0 Å². The predicted octanol–water partition coefficient (Wildman–Crippen LogP) is 4.60. The molecule has 1 radical (unpaired) electrons. The second-order valence-corrected chi connectivity index (χ2v) is 3.84. The number of hydrogen-bond donors (Lipinski definition) is 0. The molecule has 0 amide bonds. The minimum absolute atomic E-state index is 0.393. The lowest BCUT2D eigenvalue weighted by molar-refractivity contribution is 0.629. The molecule has 0 saturated carbocycles. The van der Waals surface area contributed by atoms with Crippen molar-refractivity contribution in [3.63, 3.8) is 0 Å². The van der Waals surface area contributed by atoms with Crippen LogP contribution in [0, 0.1) is 11.9 Å². The fourth-order valence-electron chi connectivity index (χ4n) is 1.30. The van der Waals surface area contributed by atoms with E-state index in [1.54, 1.807) is 30.3 Å². The Bertz CT molecular complexity index is 495. The van der Waals surface area contributed by atoms with Crippen molar-refractivity contribution in [3.8, 4) is 11.1 Å². The first-order chi connectivity index (χ1) is 7.18. The maximum atomic E-state index is 13.4. The number of halogens is 3. The largest absolute Gasteiger partial charge is 0.206 e. The molecule has 0 fully saturated rings. The Hall–Kier alpha value is -1.05.